The summed E-state index contributed by atoms with van der Waals surface area (Å²) in [5, 5.41) is 13.8. The molecule has 2 amide bonds. The molecule has 2 atom stereocenters. The molecule has 1 aromatic heterocycles. The van der Waals surface area contributed by atoms with Crippen LogP contribution < -0.4 is 15.4 Å². The molecule has 3 aromatic rings. The number of carboxylic acid groups (broad SMARTS) is 1. The standard InChI is InChI=1S/C29H27F6N3O5/c1-2-3-22(17-4-6-19(7-5-17)26(41)36-15-14-24(39)40)25(18-8-11-21(12-9-18)43-29(33,34)35)27(42)38-20-10-13-23(37-16-20)28(30,31)32/h4-13,16,22,25H,2-3,14-15H2,1H3,(H,36,41)(H,38,42)(H,39,40)/t22-,25?/m1/s1. The SMILES string of the molecule is CCC[C@H](c1ccc(C(=O)NCCC(=O)O)cc1)C(C(=O)Nc1ccc(C(F)(F)F)nc1)c1ccc(OC(F)(F)F)cc1. The minimum Gasteiger partial charge on any atom is -0.481 e. The van der Waals surface area contributed by atoms with Crippen molar-refractivity contribution in [2.75, 3.05) is 11.9 Å². The van der Waals surface area contributed by atoms with Crippen LogP contribution in [0.4, 0.5) is 32.0 Å². The first kappa shape index (κ1) is 32.9. The Kier molecular flexibility index (Phi) is 10.7. The number of carboxylic acids is 1. The average Bonchev–Trinajstić information content (AvgIpc) is 2.92. The predicted molar refractivity (Wildman–Crippen MR) is 142 cm³/mol. The van der Waals surface area contributed by atoms with Gasteiger partial charge in [-0.25, -0.2) is 4.98 Å². The van der Waals surface area contributed by atoms with Crippen molar-refractivity contribution >= 4 is 23.5 Å². The van der Waals surface area contributed by atoms with E-state index < -0.39 is 53.6 Å². The summed E-state index contributed by atoms with van der Waals surface area (Å²) in [5.74, 6) is -4.35. The molecule has 1 unspecified atom stereocenters. The third-order valence-corrected chi connectivity index (χ3v) is 6.30. The Morgan fingerprint density at radius 3 is 2.05 bits per heavy atom. The first-order valence-electron chi connectivity index (χ1n) is 13.0. The smallest absolute Gasteiger partial charge is 0.481 e. The summed E-state index contributed by atoms with van der Waals surface area (Å²) in [4.78, 5) is 40.1. The fourth-order valence-electron chi connectivity index (χ4n) is 4.40. The Balaban J connectivity index is 1.95. The summed E-state index contributed by atoms with van der Waals surface area (Å²) in [7, 11) is 0. The lowest BCUT2D eigenvalue weighted by atomic mass is 9.78. The fourth-order valence-corrected chi connectivity index (χ4v) is 4.40. The van der Waals surface area contributed by atoms with E-state index in [1.54, 1.807) is 12.1 Å². The van der Waals surface area contributed by atoms with Crippen LogP contribution >= 0.6 is 0 Å². The van der Waals surface area contributed by atoms with Crippen molar-refractivity contribution in [3.05, 3.63) is 89.2 Å². The number of nitrogens with one attached hydrogen (secondary N) is 2. The molecule has 0 aliphatic heterocycles. The number of pyridine rings is 1. The molecule has 1 heterocycles. The molecular weight excluding hydrogens is 584 g/mol. The largest absolute Gasteiger partial charge is 0.573 e. The Labute approximate surface area is 242 Å². The number of ether oxygens (including phenoxy) is 1. The van der Waals surface area contributed by atoms with Gasteiger partial charge in [-0.05, 0) is 59.9 Å². The van der Waals surface area contributed by atoms with Gasteiger partial charge in [-0.1, -0.05) is 37.6 Å². The molecule has 0 radical (unpaired) electrons. The number of alkyl halides is 6. The number of carbonyl (C=O) groups excluding carboxylic acids is 2. The number of aromatic nitrogens is 1. The molecule has 0 saturated carbocycles. The number of aliphatic carboxylic acids is 1. The van der Waals surface area contributed by atoms with E-state index in [1.807, 2.05) is 6.92 Å². The van der Waals surface area contributed by atoms with Crippen molar-refractivity contribution in [1.82, 2.24) is 10.3 Å². The van der Waals surface area contributed by atoms with E-state index in [1.165, 1.54) is 24.3 Å². The summed E-state index contributed by atoms with van der Waals surface area (Å²) in [6, 6.07) is 12.6. The van der Waals surface area contributed by atoms with E-state index in [9.17, 15) is 40.7 Å². The van der Waals surface area contributed by atoms with Crippen LogP contribution in [-0.2, 0) is 15.8 Å². The topological polar surface area (TPSA) is 118 Å². The van der Waals surface area contributed by atoms with Crippen molar-refractivity contribution in [2.45, 2.75) is 50.6 Å². The van der Waals surface area contributed by atoms with Crippen LogP contribution in [0.2, 0.25) is 0 Å². The van der Waals surface area contributed by atoms with E-state index >= 15 is 0 Å². The van der Waals surface area contributed by atoms with Gasteiger partial charge in [0.2, 0.25) is 5.91 Å². The normalized spacial score (nSPS) is 13.1. The number of rotatable bonds is 12. The highest BCUT2D eigenvalue weighted by atomic mass is 19.4. The van der Waals surface area contributed by atoms with Crippen molar-refractivity contribution in [2.24, 2.45) is 0 Å². The number of benzene rings is 2. The third kappa shape index (κ3) is 9.72. The highest BCUT2D eigenvalue weighted by Crippen LogP contribution is 2.39. The zero-order valence-corrected chi connectivity index (χ0v) is 22.6. The number of carbonyl (C=O) groups is 3. The first-order valence-corrected chi connectivity index (χ1v) is 13.0. The van der Waals surface area contributed by atoms with Gasteiger partial charge < -0.3 is 20.5 Å². The molecule has 0 bridgehead atoms. The van der Waals surface area contributed by atoms with E-state index in [4.69, 9.17) is 5.11 Å². The predicted octanol–water partition coefficient (Wildman–Crippen LogP) is 6.51. The van der Waals surface area contributed by atoms with Gasteiger partial charge in [-0.2, -0.15) is 13.2 Å². The van der Waals surface area contributed by atoms with Gasteiger partial charge in [0.1, 0.15) is 11.4 Å². The summed E-state index contributed by atoms with van der Waals surface area (Å²) in [5.41, 5.74) is -0.0390. The summed E-state index contributed by atoms with van der Waals surface area (Å²) in [6.45, 7) is 1.77. The number of amides is 2. The maximum Gasteiger partial charge on any atom is 0.573 e. The Morgan fingerprint density at radius 1 is 0.907 bits per heavy atom. The minimum absolute atomic E-state index is 0.0244. The van der Waals surface area contributed by atoms with Crippen molar-refractivity contribution < 1.29 is 50.6 Å². The zero-order valence-electron chi connectivity index (χ0n) is 22.6. The maximum atomic E-state index is 13.7. The molecule has 43 heavy (non-hydrogen) atoms. The van der Waals surface area contributed by atoms with Crippen LogP contribution in [-0.4, -0.2) is 40.8 Å². The molecule has 0 aliphatic rings. The second-order valence-electron chi connectivity index (χ2n) is 9.43. The zero-order chi connectivity index (χ0) is 31.8. The van der Waals surface area contributed by atoms with E-state index in [2.05, 4.69) is 20.4 Å². The Bertz CT molecular complexity index is 1390. The molecule has 0 fully saturated rings. The van der Waals surface area contributed by atoms with Gasteiger partial charge >= 0.3 is 18.5 Å². The van der Waals surface area contributed by atoms with Gasteiger partial charge in [-0.15, -0.1) is 13.2 Å². The molecule has 14 heteroatoms. The molecule has 230 valence electrons. The number of hydrogen-bond acceptors (Lipinski definition) is 5. The molecular formula is C29H27F6N3O5. The van der Waals surface area contributed by atoms with Gasteiger partial charge in [0.25, 0.3) is 5.91 Å². The monoisotopic (exact) mass is 611 g/mol. The van der Waals surface area contributed by atoms with Gasteiger partial charge in [-0.3, -0.25) is 14.4 Å². The van der Waals surface area contributed by atoms with Gasteiger partial charge in [0.05, 0.1) is 24.2 Å². The molecule has 0 saturated heterocycles. The lowest BCUT2D eigenvalue weighted by Crippen LogP contribution is -2.27. The van der Waals surface area contributed by atoms with Crippen molar-refractivity contribution in [1.29, 1.82) is 0 Å². The number of anilines is 1. The lowest BCUT2D eigenvalue weighted by Gasteiger charge is -2.27. The van der Waals surface area contributed by atoms with Crippen LogP contribution in [0.25, 0.3) is 0 Å². The van der Waals surface area contributed by atoms with Gasteiger partial charge in [0.15, 0.2) is 0 Å². The first-order chi connectivity index (χ1) is 20.2. The van der Waals surface area contributed by atoms with Crippen molar-refractivity contribution in [3.63, 3.8) is 0 Å². The highest BCUT2D eigenvalue weighted by Gasteiger charge is 2.34. The molecule has 2 aromatic carbocycles. The van der Waals surface area contributed by atoms with E-state index in [-0.39, 0.29) is 24.2 Å². The average molecular weight is 612 g/mol. The van der Waals surface area contributed by atoms with Crippen LogP contribution in [0, 0.1) is 0 Å². The Morgan fingerprint density at radius 2 is 1.53 bits per heavy atom. The van der Waals surface area contributed by atoms with Crippen LogP contribution in [0.3, 0.4) is 0 Å². The maximum absolute atomic E-state index is 13.7. The number of halogens is 6. The Hall–Kier alpha value is -4.62. The molecule has 8 nitrogen and oxygen atoms in total. The van der Waals surface area contributed by atoms with Crippen LogP contribution in [0.1, 0.15) is 65.2 Å². The van der Waals surface area contributed by atoms with Gasteiger partial charge in [0, 0.05) is 12.1 Å². The highest BCUT2D eigenvalue weighted by molar-refractivity contribution is 5.97. The quantitative estimate of drug-likeness (QED) is 0.201. The third-order valence-electron chi connectivity index (χ3n) is 6.30. The summed E-state index contributed by atoms with van der Waals surface area (Å²) >= 11 is 0. The molecule has 0 aliphatic carbocycles. The van der Waals surface area contributed by atoms with Crippen LogP contribution in [0.5, 0.6) is 5.75 Å². The van der Waals surface area contributed by atoms with E-state index in [0.717, 1.165) is 24.4 Å². The second kappa shape index (κ2) is 14.0. The fraction of sp³-hybridized carbons (Fsp3) is 0.310. The molecule has 3 rings (SSSR count). The molecule has 3 N–H and O–H groups in total. The number of hydrogen-bond donors (Lipinski definition) is 3. The second-order valence-corrected chi connectivity index (χ2v) is 9.43. The lowest BCUT2D eigenvalue weighted by molar-refractivity contribution is -0.274. The number of nitrogens with zero attached hydrogens (tertiary/aromatic N) is 1. The van der Waals surface area contributed by atoms with Crippen LogP contribution in [0.15, 0.2) is 66.9 Å². The van der Waals surface area contributed by atoms with E-state index in [0.29, 0.717) is 30.0 Å². The minimum atomic E-state index is -4.93. The summed E-state index contributed by atoms with van der Waals surface area (Å²) in [6.07, 6.45) is -8.04. The summed E-state index contributed by atoms with van der Waals surface area (Å²) < 4.78 is 80.8. The van der Waals surface area contributed by atoms with Crippen molar-refractivity contribution in [3.8, 4) is 5.75 Å². The molecule has 0 spiro atoms.